The number of hydrogen-bond acceptors (Lipinski definition) is 3. The van der Waals surface area contributed by atoms with Gasteiger partial charge in [-0.1, -0.05) is 38.0 Å². The first kappa shape index (κ1) is 17.6. The van der Waals surface area contributed by atoms with Gasteiger partial charge in [-0.25, -0.2) is 4.79 Å². The molecular weight excluding hydrogens is 264 g/mol. The maximum absolute atomic E-state index is 11.3. The number of esters is 1. The van der Waals surface area contributed by atoms with Crippen LogP contribution in [0.5, 0.6) is 0 Å². The normalized spacial score (nSPS) is 17.6. The molecule has 0 aromatic carbocycles. The Bertz CT molecular complexity index is 394. The van der Waals surface area contributed by atoms with Crippen LogP contribution in [0.1, 0.15) is 65.7 Å². The van der Waals surface area contributed by atoms with Gasteiger partial charge >= 0.3 is 5.97 Å². The second-order valence-electron chi connectivity index (χ2n) is 5.55. The summed E-state index contributed by atoms with van der Waals surface area (Å²) < 4.78 is 10.5. The second kappa shape index (κ2) is 10.3. The molecule has 0 aliphatic heterocycles. The maximum atomic E-state index is 11.3. The van der Waals surface area contributed by atoms with Crippen LogP contribution in [0.15, 0.2) is 11.8 Å². The molecule has 1 fully saturated rings. The summed E-state index contributed by atoms with van der Waals surface area (Å²) in [5, 5.41) is 0. The molecule has 1 saturated carbocycles. The van der Waals surface area contributed by atoms with Gasteiger partial charge in [-0.2, -0.15) is 0 Å². The molecule has 0 aromatic rings. The van der Waals surface area contributed by atoms with Gasteiger partial charge in [0.15, 0.2) is 6.10 Å². The minimum absolute atomic E-state index is 0.140. The zero-order chi connectivity index (χ0) is 15.5. The predicted octanol–water partition coefficient (Wildman–Crippen LogP) is 4.22. The summed E-state index contributed by atoms with van der Waals surface area (Å²) in [6.45, 7) is 5.97. The molecule has 3 heteroatoms. The van der Waals surface area contributed by atoms with E-state index in [1.165, 1.54) is 38.2 Å². The van der Waals surface area contributed by atoms with E-state index < -0.39 is 0 Å². The highest BCUT2D eigenvalue weighted by Crippen LogP contribution is 2.25. The molecule has 1 aliphatic carbocycles. The Kier molecular flexibility index (Phi) is 8.66. The maximum Gasteiger partial charge on any atom is 0.334 e. The van der Waals surface area contributed by atoms with Crippen molar-refractivity contribution in [3.8, 4) is 11.8 Å². The molecule has 0 heterocycles. The summed E-state index contributed by atoms with van der Waals surface area (Å²) in [5.41, 5.74) is 0. The summed E-state index contributed by atoms with van der Waals surface area (Å²) in [4.78, 5) is 11.3. The van der Waals surface area contributed by atoms with Crippen LogP contribution in [-0.2, 0) is 14.3 Å². The van der Waals surface area contributed by atoms with E-state index in [4.69, 9.17) is 9.47 Å². The first-order valence-corrected chi connectivity index (χ1v) is 8.15. The highest BCUT2D eigenvalue weighted by Gasteiger charge is 2.12. The van der Waals surface area contributed by atoms with E-state index in [9.17, 15) is 4.79 Å². The lowest BCUT2D eigenvalue weighted by molar-refractivity contribution is -0.137. The molecule has 0 bridgehead atoms. The molecule has 1 unspecified atom stereocenters. The lowest BCUT2D eigenvalue weighted by Crippen LogP contribution is -2.10. The molecular formula is C18H28O3. The van der Waals surface area contributed by atoms with E-state index in [2.05, 4.69) is 11.8 Å². The molecule has 0 N–H and O–H groups in total. The van der Waals surface area contributed by atoms with E-state index >= 15 is 0 Å². The smallest absolute Gasteiger partial charge is 0.334 e. The summed E-state index contributed by atoms with van der Waals surface area (Å²) in [5.74, 6) is 7.42. The molecule has 0 aromatic heterocycles. The first-order chi connectivity index (χ1) is 10.2. The number of carbonyl (C=O) groups excluding carboxylic acids is 1. The number of allylic oxidation sites excluding steroid dienone is 1. The SMILES string of the molecule is CCOC(=O)/C=C(\C)OC(C#CCC1CCCCC1)CC. The molecule has 1 rings (SSSR count). The summed E-state index contributed by atoms with van der Waals surface area (Å²) in [7, 11) is 0. The predicted molar refractivity (Wildman–Crippen MR) is 84.5 cm³/mol. The van der Waals surface area contributed by atoms with E-state index in [-0.39, 0.29) is 12.1 Å². The van der Waals surface area contributed by atoms with Gasteiger partial charge in [0.05, 0.1) is 12.7 Å². The Morgan fingerprint density at radius 3 is 2.62 bits per heavy atom. The number of rotatable bonds is 6. The lowest BCUT2D eigenvalue weighted by Gasteiger charge is -2.19. The number of hydrogen-bond donors (Lipinski definition) is 0. The second-order valence-corrected chi connectivity index (χ2v) is 5.55. The number of carbonyl (C=O) groups is 1. The molecule has 0 radical (unpaired) electrons. The first-order valence-electron chi connectivity index (χ1n) is 8.15. The van der Waals surface area contributed by atoms with Gasteiger partial charge in [0, 0.05) is 6.42 Å². The third-order valence-corrected chi connectivity index (χ3v) is 3.69. The monoisotopic (exact) mass is 292 g/mol. The van der Waals surface area contributed by atoms with Crippen molar-refractivity contribution in [1.29, 1.82) is 0 Å². The summed E-state index contributed by atoms with van der Waals surface area (Å²) >= 11 is 0. The summed E-state index contributed by atoms with van der Waals surface area (Å²) in [6.07, 6.45) is 9.73. The minimum atomic E-state index is -0.361. The van der Waals surface area contributed by atoms with Gasteiger partial charge in [-0.3, -0.25) is 0 Å². The zero-order valence-electron chi connectivity index (χ0n) is 13.6. The quantitative estimate of drug-likeness (QED) is 0.318. The van der Waals surface area contributed by atoms with E-state index in [1.54, 1.807) is 13.8 Å². The van der Waals surface area contributed by atoms with Gasteiger partial charge in [0.25, 0.3) is 0 Å². The molecule has 0 saturated heterocycles. The van der Waals surface area contributed by atoms with Gasteiger partial charge in [-0.05, 0) is 39.0 Å². The Morgan fingerprint density at radius 1 is 1.29 bits per heavy atom. The van der Waals surface area contributed by atoms with Crippen LogP contribution in [0, 0.1) is 17.8 Å². The third kappa shape index (κ3) is 7.80. The largest absolute Gasteiger partial charge is 0.482 e. The molecule has 21 heavy (non-hydrogen) atoms. The molecule has 1 aliphatic rings. The Morgan fingerprint density at radius 2 is 2.00 bits per heavy atom. The van der Waals surface area contributed by atoms with Gasteiger partial charge in [0.1, 0.15) is 5.76 Å². The van der Waals surface area contributed by atoms with Crippen LogP contribution < -0.4 is 0 Å². The average Bonchev–Trinajstić information content (AvgIpc) is 2.47. The molecule has 1 atom stereocenters. The molecule has 0 amide bonds. The van der Waals surface area contributed by atoms with Crippen LogP contribution >= 0.6 is 0 Å². The number of ether oxygens (including phenoxy) is 2. The molecule has 0 spiro atoms. The van der Waals surface area contributed by atoms with Crippen molar-refractivity contribution < 1.29 is 14.3 Å². The van der Waals surface area contributed by atoms with Crippen molar-refractivity contribution >= 4 is 5.97 Å². The third-order valence-electron chi connectivity index (χ3n) is 3.69. The van der Waals surface area contributed by atoms with Crippen LogP contribution in [0.3, 0.4) is 0 Å². The Labute approximate surface area is 129 Å². The van der Waals surface area contributed by atoms with Crippen molar-refractivity contribution in [2.75, 3.05) is 6.61 Å². The molecule has 3 nitrogen and oxygen atoms in total. The fourth-order valence-corrected chi connectivity index (χ4v) is 2.53. The van der Waals surface area contributed by atoms with Crippen molar-refractivity contribution in [2.24, 2.45) is 5.92 Å². The van der Waals surface area contributed by atoms with Crippen LogP contribution in [0.4, 0.5) is 0 Å². The van der Waals surface area contributed by atoms with Crippen LogP contribution in [-0.4, -0.2) is 18.7 Å². The highest BCUT2D eigenvalue weighted by atomic mass is 16.5. The standard InChI is InChI=1S/C18H28O3/c1-4-17(21-15(3)14-18(19)20-5-2)13-9-12-16-10-7-6-8-11-16/h14,16-17H,4-8,10-12H2,1-3H3/b15-14+. The van der Waals surface area contributed by atoms with Crippen molar-refractivity contribution in [3.63, 3.8) is 0 Å². The fourth-order valence-electron chi connectivity index (χ4n) is 2.53. The Hall–Kier alpha value is -1.43. The minimum Gasteiger partial charge on any atom is -0.482 e. The van der Waals surface area contributed by atoms with Gasteiger partial charge in [0.2, 0.25) is 0 Å². The average molecular weight is 292 g/mol. The van der Waals surface area contributed by atoms with Crippen molar-refractivity contribution in [3.05, 3.63) is 11.8 Å². The van der Waals surface area contributed by atoms with Crippen LogP contribution in [0.25, 0.3) is 0 Å². The molecule has 118 valence electrons. The van der Waals surface area contributed by atoms with Crippen molar-refractivity contribution in [2.45, 2.75) is 71.8 Å². The van der Waals surface area contributed by atoms with Crippen molar-refractivity contribution in [1.82, 2.24) is 0 Å². The fraction of sp³-hybridized carbons (Fsp3) is 0.722. The lowest BCUT2D eigenvalue weighted by atomic mass is 9.87. The van der Waals surface area contributed by atoms with E-state index in [0.29, 0.717) is 12.4 Å². The van der Waals surface area contributed by atoms with E-state index in [1.807, 2.05) is 6.92 Å². The zero-order valence-corrected chi connectivity index (χ0v) is 13.6. The summed E-state index contributed by atoms with van der Waals surface area (Å²) in [6, 6.07) is 0. The van der Waals surface area contributed by atoms with Gasteiger partial charge in [-0.15, -0.1) is 0 Å². The van der Waals surface area contributed by atoms with Gasteiger partial charge < -0.3 is 9.47 Å². The highest BCUT2D eigenvalue weighted by molar-refractivity contribution is 5.82. The Balaban J connectivity index is 2.41. The van der Waals surface area contributed by atoms with Crippen LogP contribution in [0.2, 0.25) is 0 Å². The van der Waals surface area contributed by atoms with E-state index in [0.717, 1.165) is 18.8 Å². The topological polar surface area (TPSA) is 35.5 Å².